The number of aromatic nitrogens is 10. The molecule has 10 aromatic carbocycles. The van der Waals surface area contributed by atoms with Gasteiger partial charge in [0.25, 0.3) is 31.6 Å². The van der Waals surface area contributed by atoms with E-state index >= 15 is 0 Å². The molecule has 0 atom stereocenters. The van der Waals surface area contributed by atoms with Crippen molar-refractivity contribution in [2.45, 2.75) is 228 Å². The SMILES string of the molecule is CCCc1ccc2c(-c3cc(C)cc(C)c3C)[n+](C)cnc2c1.CCCc1ccc2c(-c3cc(C)cc(C)c3C)[n+](C)cnc2c1.Cc1cc(C)c(C)c(-c2c3ccc(CC(C)(C)C(F)(F)F)cc3nc[n+]2C)c1.Cc1cc(C)c(C)c(-c2c3ccc(CC(C)(C)C(F)(F)F)cc3nc[n+]2C)c1.Cc1cc(C)c(C)c(-c2c3ccc(CC4CCCC4)cc3nc[n+]2C)c1. The van der Waals surface area contributed by atoms with E-state index in [-0.39, 0.29) is 12.8 Å². The number of fused-ring (bicyclic) bond motifs is 5. The molecule has 0 unspecified atom stereocenters. The topological polar surface area (TPSA) is 83.8 Å². The second-order valence-electron chi connectivity index (χ2n) is 38.0. The van der Waals surface area contributed by atoms with Crippen LogP contribution in [0.1, 0.15) is 191 Å². The van der Waals surface area contributed by atoms with E-state index in [9.17, 15) is 26.3 Å². The molecule has 10 nitrogen and oxygen atoms in total. The fourth-order valence-corrected chi connectivity index (χ4v) is 18.5. The van der Waals surface area contributed by atoms with Crippen molar-refractivity contribution < 1.29 is 49.2 Å². The molecular formula is C112H131F6N10+5. The summed E-state index contributed by atoms with van der Waals surface area (Å²) in [6.07, 6.45) is 12.0. The molecule has 0 aliphatic heterocycles. The van der Waals surface area contributed by atoms with Crippen molar-refractivity contribution >= 4 is 54.5 Å². The van der Waals surface area contributed by atoms with Crippen LogP contribution in [0.25, 0.3) is 111 Å². The van der Waals surface area contributed by atoms with Gasteiger partial charge in [0, 0.05) is 27.8 Å². The maximum absolute atomic E-state index is 13.3. The third-order valence-electron chi connectivity index (χ3n) is 26.4. The molecule has 5 aromatic heterocycles. The van der Waals surface area contributed by atoms with Gasteiger partial charge in [-0.05, 0) is 341 Å². The van der Waals surface area contributed by atoms with Crippen molar-refractivity contribution in [1.29, 1.82) is 0 Å². The molecule has 0 radical (unpaired) electrons. The lowest BCUT2D eigenvalue weighted by Gasteiger charge is -2.27. The highest BCUT2D eigenvalue weighted by Gasteiger charge is 2.48. The molecular weight excluding hydrogens is 1600 g/mol. The van der Waals surface area contributed by atoms with Gasteiger partial charge in [-0.1, -0.05) is 169 Å². The van der Waals surface area contributed by atoms with E-state index in [1.54, 1.807) is 36.9 Å². The molecule has 0 spiro atoms. The Labute approximate surface area is 755 Å². The standard InChI is InChI=1S/C24H29N2.2C23H26F3N2.2C21H25N2/c1-16-11-17(2)18(3)22(12-16)24-21-10-9-20(13-19-7-5-6-8-19)14-23(21)25-15-26(24)4;2*1-14-9-15(2)16(3)19(10-14)21-18-8-7-17(11-20(18)27-13-28(21)6)12-22(4,5)23(24,25)26;2*1-6-7-17-8-9-18-20(12-17)22-13-23(5)21(18)19-11-14(2)10-15(3)16(19)4/h9-12,14-15,19H,5-8,13H2,1-4H3;2*7-11,13H,12H2,1-6H3;2*8-13H,6-7H2,1-5H3/q5*+1. The van der Waals surface area contributed by atoms with Crippen molar-refractivity contribution in [2.75, 3.05) is 0 Å². The highest BCUT2D eigenvalue weighted by atomic mass is 19.4. The lowest BCUT2D eigenvalue weighted by molar-refractivity contribution is -0.662. The van der Waals surface area contributed by atoms with Gasteiger partial charge < -0.3 is 0 Å². The number of alkyl halides is 6. The highest BCUT2D eigenvalue weighted by molar-refractivity contribution is 5.96. The molecule has 1 aliphatic carbocycles. The van der Waals surface area contributed by atoms with Crippen LogP contribution >= 0.6 is 0 Å². The fourth-order valence-electron chi connectivity index (χ4n) is 18.5. The number of halogens is 6. The first-order chi connectivity index (χ1) is 60.3. The summed E-state index contributed by atoms with van der Waals surface area (Å²) in [7, 11) is 10.2. The molecule has 0 saturated heterocycles. The van der Waals surface area contributed by atoms with Crippen molar-refractivity contribution in [2.24, 2.45) is 52.0 Å². The average molecular weight is 1730 g/mol. The predicted octanol–water partition coefficient (Wildman–Crippen LogP) is 26.2. The summed E-state index contributed by atoms with van der Waals surface area (Å²) < 4.78 is 90.0. The molecule has 0 N–H and O–H groups in total. The van der Waals surface area contributed by atoms with Crippen molar-refractivity contribution in [3.05, 3.63) is 295 Å². The number of nitrogens with zero attached hydrogens (tertiary/aromatic N) is 10. The molecule has 5 heterocycles. The number of hydrogen-bond donors (Lipinski definition) is 0. The maximum atomic E-state index is 13.3. The zero-order valence-electron chi connectivity index (χ0n) is 80.4. The third kappa shape index (κ3) is 21.2. The maximum Gasteiger partial charge on any atom is 0.394 e. The van der Waals surface area contributed by atoms with E-state index < -0.39 is 23.2 Å². The summed E-state index contributed by atoms with van der Waals surface area (Å²) >= 11 is 0. The van der Waals surface area contributed by atoms with Gasteiger partial charge in [0.05, 0.1) is 73.0 Å². The Kier molecular flexibility index (Phi) is 29.3. The number of hydrogen-bond acceptors (Lipinski definition) is 5. The van der Waals surface area contributed by atoms with E-state index in [4.69, 9.17) is 4.98 Å². The molecule has 1 aliphatic rings. The first-order valence-electron chi connectivity index (χ1n) is 45.3. The summed E-state index contributed by atoms with van der Waals surface area (Å²) in [4.78, 5) is 23.0. The normalized spacial score (nSPS) is 12.6. The lowest BCUT2D eigenvalue weighted by Crippen LogP contribution is -2.34. The number of benzene rings is 10. The van der Waals surface area contributed by atoms with Crippen LogP contribution in [0.4, 0.5) is 26.3 Å². The molecule has 128 heavy (non-hydrogen) atoms. The second-order valence-corrected chi connectivity index (χ2v) is 38.0. The van der Waals surface area contributed by atoms with Crippen LogP contribution in [-0.2, 0) is 67.3 Å². The zero-order valence-corrected chi connectivity index (χ0v) is 80.4. The third-order valence-corrected chi connectivity index (χ3v) is 26.4. The molecule has 0 amide bonds. The largest absolute Gasteiger partial charge is 0.394 e. The summed E-state index contributed by atoms with van der Waals surface area (Å²) in [6.45, 7) is 41.6. The number of aryl methyl sites for hydroxylation is 17. The minimum atomic E-state index is -4.25. The van der Waals surface area contributed by atoms with Gasteiger partial charge in [-0.25, -0.2) is 22.8 Å². The van der Waals surface area contributed by atoms with Crippen LogP contribution < -0.4 is 22.8 Å². The first kappa shape index (κ1) is 95.6. The number of rotatable bonds is 15. The lowest BCUT2D eigenvalue weighted by atomic mass is 9.84. The van der Waals surface area contributed by atoms with Gasteiger partial charge in [-0.3, -0.25) is 0 Å². The molecule has 16 rings (SSSR count). The Balaban J connectivity index is 0.000000145. The molecule has 0 bridgehead atoms. The monoisotopic (exact) mass is 1730 g/mol. The molecule has 16 heteroatoms. The highest BCUT2D eigenvalue weighted by Crippen LogP contribution is 2.44. The Morgan fingerprint density at radius 1 is 0.289 bits per heavy atom. The van der Waals surface area contributed by atoms with Gasteiger partial charge in [0.1, 0.15) is 28.5 Å². The molecule has 15 aromatic rings. The van der Waals surface area contributed by atoms with Crippen LogP contribution in [0, 0.1) is 121 Å². The Morgan fingerprint density at radius 2 is 0.500 bits per heavy atom. The van der Waals surface area contributed by atoms with E-state index in [2.05, 4.69) is 288 Å². The van der Waals surface area contributed by atoms with E-state index in [1.165, 1.54) is 210 Å². The van der Waals surface area contributed by atoms with Gasteiger partial charge >= 0.3 is 12.4 Å². The minimum absolute atomic E-state index is 0.0763. The van der Waals surface area contributed by atoms with E-state index in [0.29, 0.717) is 22.2 Å². The van der Waals surface area contributed by atoms with Gasteiger partial charge in [0.2, 0.25) is 0 Å². The van der Waals surface area contributed by atoms with Crippen LogP contribution in [0.5, 0.6) is 0 Å². The van der Waals surface area contributed by atoms with Gasteiger partial charge in [-0.15, -0.1) is 0 Å². The molecule has 1 saturated carbocycles. The first-order valence-corrected chi connectivity index (χ1v) is 45.3. The zero-order chi connectivity index (χ0) is 93.1. The van der Waals surface area contributed by atoms with Gasteiger partial charge in [0.15, 0.2) is 27.6 Å². The average Bonchev–Trinajstić information content (AvgIpc) is 0.859. The summed E-state index contributed by atoms with van der Waals surface area (Å²) in [5.74, 6) is 0.869. The smallest absolute Gasteiger partial charge is 0.232 e. The van der Waals surface area contributed by atoms with Crippen molar-refractivity contribution in [1.82, 2.24) is 24.9 Å². The summed E-state index contributed by atoms with van der Waals surface area (Å²) in [5.41, 5.74) is 37.7. The van der Waals surface area contributed by atoms with Gasteiger partial charge in [-0.2, -0.15) is 26.3 Å². The molecule has 666 valence electrons. The van der Waals surface area contributed by atoms with Crippen LogP contribution in [0.3, 0.4) is 0 Å². The fraction of sp³-hybridized carbons (Fsp3) is 0.375. The minimum Gasteiger partial charge on any atom is -0.232 e. The van der Waals surface area contributed by atoms with Crippen molar-refractivity contribution in [3.63, 3.8) is 0 Å². The second kappa shape index (κ2) is 39.2. The predicted molar refractivity (Wildman–Crippen MR) is 514 cm³/mol. The summed E-state index contributed by atoms with van der Waals surface area (Å²) in [5, 5.41) is 5.57. The Morgan fingerprint density at radius 3 is 0.727 bits per heavy atom. The van der Waals surface area contributed by atoms with Crippen LogP contribution in [0.2, 0.25) is 0 Å². The Bertz CT molecular complexity index is 6370. The quantitative estimate of drug-likeness (QED) is 0.0754. The van der Waals surface area contributed by atoms with Crippen LogP contribution in [0.15, 0.2) is 183 Å². The van der Waals surface area contributed by atoms with E-state index in [0.717, 1.165) is 81.4 Å². The Hall–Kier alpha value is -11.5. The summed E-state index contributed by atoms with van der Waals surface area (Å²) in [6, 6.07) is 53.6. The van der Waals surface area contributed by atoms with E-state index in [1.807, 2.05) is 54.3 Å². The molecule has 1 fully saturated rings. The van der Waals surface area contributed by atoms with Crippen LogP contribution in [-0.4, -0.2) is 37.3 Å². The van der Waals surface area contributed by atoms with Crippen molar-refractivity contribution in [3.8, 4) is 56.3 Å².